The predicted octanol–water partition coefficient (Wildman–Crippen LogP) is 1.27. The first kappa shape index (κ1) is 13.1. The van der Waals surface area contributed by atoms with Gasteiger partial charge in [0, 0.05) is 6.26 Å². The Bertz CT molecular complexity index is 509. The Labute approximate surface area is 100 Å². The molecule has 0 aliphatic rings. The van der Waals surface area contributed by atoms with Gasteiger partial charge in [0.25, 0.3) is 0 Å². The highest BCUT2D eigenvalue weighted by molar-refractivity contribution is 7.90. The van der Waals surface area contributed by atoms with Crippen LogP contribution < -0.4 is 5.32 Å². The molecule has 6 heteroatoms. The lowest BCUT2D eigenvalue weighted by molar-refractivity contribution is -0.113. The topological polar surface area (TPSA) is 63.2 Å². The van der Waals surface area contributed by atoms with E-state index in [1.807, 2.05) is 0 Å². The summed E-state index contributed by atoms with van der Waals surface area (Å²) < 4.78 is 23.0. The number of amides is 1. The minimum atomic E-state index is -3.35. The van der Waals surface area contributed by atoms with E-state index in [1.54, 1.807) is 19.1 Å². The first-order valence-electron chi connectivity index (χ1n) is 4.56. The van der Waals surface area contributed by atoms with Crippen LogP contribution in [0.15, 0.2) is 23.1 Å². The van der Waals surface area contributed by atoms with E-state index in [-0.39, 0.29) is 16.6 Å². The van der Waals surface area contributed by atoms with Gasteiger partial charge in [0.2, 0.25) is 5.91 Å². The number of carbonyl (C=O) groups is 1. The van der Waals surface area contributed by atoms with Gasteiger partial charge in [-0.15, -0.1) is 0 Å². The van der Waals surface area contributed by atoms with Gasteiger partial charge in [0.15, 0.2) is 9.84 Å². The zero-order valence-corrected chi connectivity index (χ0v) is 10.7. The standard InChI is InChI=1S/C10H13NO3S2/c1-7-3-4-8(11-10(12)6-15)9(5-7)16(2,13)14/h3-5,15H,6H2,1-2H3,(H,11,12). The predicted molar refractivity (Wildman–Crippen MR) is 66.8 cm³/mol. The molecule has 0 radical (unpaired) electrons. The van der Waals surface area contributed by atoms with E-state index in [9.17, 15) is 13.2 Å². The monoisotopic (exact) mass is 259 g/mol. The van der Waals surface area contributed by atoms with Crippen molar-refractivity contribution < 1.29 is 13.2 Å². The average Bonchev–Trinajstić information content (AvgIpc) is 2.19. The summed E-state index contributed by atoms with van der Waals surface area (Å²) in [5.74, 6) is -0.325. The van der Waals surface area contributed by atoms with Crippen LogP contribution in [0.25, 0.3) is 0 Å². The highest BCUT2D eigenvalue weighted by Gasteiger charge is 2.14. The molecule has 16 heavy (non-hydrogen) atoms. The second-order valence-electron chi connectivity index (χ2n) is 3.48. The second-order valence-corrected chi connectivity index (χ2v) is 5.78. The third kappa shape index (κ3) is 3.24. The largest absolute Gasteiger partial charge is 0.324 e. The molecule has 1 amide bonds. The summed E-state index contributed by atoms with van der Waals surface area (Å²) in [5.41, 5.74) is 1.12. The van der Waals surface area contributed by atoms with Crippen LogP contribution in [-0.4, -0.2) is 26.3 Å². The molecular weight excluding hydrogens is 246 g/mol. The molecule has 88 valence electrons. The number of hydrogen-bond donors (Lipinski definition) is 2. The van der Waals surface area contributed by atoms with Crippen LogP contribution in [0.4, 0.5) is 5.69 Å². The molecule has 1 rings (SSSR count). The molecule has 1 N–H and O–H groups in total. The fraction of sp³-hybridized carbons (Fsp3) is 0.300. The number of hydrogen-bond acceptors (Lipinski definition) is 4. The van der Waals surface area contributed by atoms with E-state index in [0.717, 1.165) is 11.8 Å². The Morgan fingerprint density at radius 2 is 2.06 bits per heavy atom. The van der Waals surface area contributed by atoms with Crippen molar-refractivity contribution in [3.63, 3.8) is 0 Å². The maximum Gasteiger partial charge on any atom is 0.234 e. The second kappa shape index (κ2) is 4.88. The fourth-order valence-electron chi connectivity index (χ4n) is 1.23. The quantitative estimate of drug-likeness (QED) is 0.803. The van der Waals surface area contributed by atoms with Crippen LogP contribution in [0, 0.1) is 6.92 Å². The van der Waals surface area contributed by atoms with E-state index >= 15 is 0 Å². The molecule has 4 nitrogen and oxygen atoms in total. The number of carbonyl (C=O) groups excluding carboxylic acids is 1. The number of sulfone groups is 1. The lowest BCUT2D eigenvalue weighted by Crippen LogP contribution is -2.15. The lowest BCUT2D eigenvalue weighted by Gasteiger charge is -2.09. The molecule has 1 aromatic rings. The SMILES string of the molecule is Cc1ccc(NC(=O)CS)c(S(C)(=O)=O)c1. The van der Waals surface area contributed by atoms with Gasteiger partial charge in [0.05, 0.1) is 16.3 Å². The number of anilines is 1. The van der Waals surface area contributed by atoms with Crippen molar-refractivity contribution >= 4 is 34.1 Å². The first-order valence-corrected chi connectivity index (χ1v) is 7.08. The molecule has 0 spiro atoms. The fourth-order valence-corrected chi connectivity index (χ4v) is 2.23. The summed E-state index contributed by atoms with van der Waals surface area (Å²) in [4.78, 5) is 11.3. The maximum absolute atomic E-state index is 11.5. The van der Waals surface area contributed by atoms with Crippen LogP contribution in [0.3, 0.4) is 0 Å². The molecule has 0 aliphatic heterocycles. The smallest absolute Gasteiger partial charge is 0.234 e. The molecule has 0 bridgehead atoms. The molecule has 0 saturated carbocycles. The summed E-state index contributed by atoms with van der Waals surface area (Å²) in [5, 5.41) is 2.50. The van der Waals surface area contributed by atoms with Crippen LogP contribution >= 0.6 is 12.6 Å². The first-order chi connectivity index (χ1) is 7.34. The summed E-state index contributed by atoms with van der Waals surface area (Å²) in [6.45, 7) is 1.79. The molecular formula is C10H13NO3S2. The van der Waals surface area contributed by atoms with Crippen LogP contribution in [0.5, 0.6) is 0 Å². The number of nitrogens with one attached hydrogen (secondary N) is 1. The summed E-state index contributed by atoms with van der Waals surface area (Å²) in [6.07, 6.45) is 1.11. The van der Waals surface area contributed by atoms with E-state index in [2.05, 4.69) is 17.9 Å². The van der Waals surface area contributed by atoms with Gasteiger partial charge in [-0.25, -0.2) is 8.42 Å². The molecule has 0 atom stereocenters. The lowest BCUT2D eigenvalue weighted by atomic mass is 10.2. The van der Waals surface area contributed by atoms with Crippen molar-refractivity contribution in [2.45, 2.75) is 11.8 Å². The Morgan fingerprint density at radius 3 is 2.56 bits per heavy atom. The molecule has 0 aliphatic carbocycles. The van der Waals surface area contributed by atoms with Gasteiger partial charge in [-0.2, -0.15) is 12.6 Å². The summed E-state index contributed by atoms with van der Waals surface area (Å²) in [7, 11) is -3.35. The number of aryl methyl sites for hydroxylation is 1. The Hall–Kier alpha value is -1.01. The maximum atomic E-state index is 11.5. The molecule has 0 unspecified atom stereocenters. The third-order valence-corrected chi connectivity index (χ3v) is 3.38. The molecule has 0 aromatic heterocycles. The van der Waals surface area contributed by atoms with Crippen LogP contribution in [0.1, 0.15) is 5.56 Å². The van der Waals surface area contributed by atoms with Crippen molar-refractivity contribution in [3.05, 3.63) is 23.8 Å². The number of thiol groups is 1. The minimum absolute atomic E-state index is 0.0110. The zero-order chi connectivity index (χ0) is 12.3. The normalized spacial score (nSPS) is 11.2. The van der Waals surface area contributed by atoms with Gasteiger partial charge in [0.1, 0.15) is 0 Å². The van der Waals surface area contributed by atoms with Crippen molar-refractivity contribution in [2.75, 3.05) is 17.3 Å². The van der Waals surface area contributed by atoms with E-state index in [1.165, 1.54) is 6.07 Å². The van der Waals surface area contributed by atoms with Crippen LogP contribution in [0.2, 0.25) is 0 Å². The molecule has 0 heterocycles. The van der Waals surface area contributed by atoms with Crippen molar-refractivity contribution in [1.29, 1.82) is 0 Å². The van der Waals surface area contributed by atoms with Gasteiger partial charge in [-0.1, -0.05) is 6.07 Å². The highest BCUT2D eigenvalue weighted by Crippen LogP contribution is 2.22. The zero-order valence-electron chi connectivity index (χ0n) is 9.02. The summed E-state index contributed by atoms with van der Waals surface area (Å²) in [6, 6.07) is 4.85. The van der Waals surface area contributed by atoms with Crippen molar-refractivity contribution in [3.8, 4) is 0 Å². The third-order valence-electron chi connectivity index (χ3n) is 1.95. The van der Waals surface area contributed by atoms with E-state index in [4.69, 9.17) is 0 Å². The number of benzene rings is 1. The van der Waals surface area contributed by atoms with Crippen molar-refractivity contribution in [1.82, 2.24) is 0 Å². The summed E-state index contributed by atoms with van der Waals surface area (Å²) >= 11 is 3.81. The Balaban J connectivity index is 3.24. The van der Waals surface area contributed by atoms with Gasteiger partial charge in [-0.05, 0) is 24.6 Å². The van der Waals surface area contributed by atoms with E-state index < -0.39 is 9.84 Å². The Kier molecular flexibility index (Phi) is 3.98. The van der Waals surface area contributed by atoms with Gasteiger partial charge >= 0.3 is 0 Å². The van der Waals surface area contributed by atoms with Crippen LogP contribution in [-0.2, 0) is 14.6 Å². The highest BCUT2D eigenvalue weighted by atomic mass is 32.2. The molecule has 1 aromatic carbocycles. The van der Waals surface area contributed by atoms with Crippen molar-refractivity contribution in [2.24, 2.45) is 0 Å². The van der Waals surface area contributed by atoms with E-state index in [0.29, 0.717) is 5.69 Å². The Morgan fingerprint density at radius 1 is 1.44 bits per heavy atom. The average molecular weight is 259 g/mol. The van der Waals surface area contributed by atoms with Gasteiger partial charge in [-0.3, -0.25) is 4.79 Å². The van der Waals surface area contributed by atoms with Gasteiger partial charge < -0.3 is 5.32 Å². The number of rotatable bonds is 3. The molecule has 0 fully saturated rings. The minimum Gasteiger partial charge on any atom is -0.324 e. The molecule has 0 saturated heterocycles.